The molecule has 0 bridgehead atoms. The fourth-order valence-corrected chi connectivity index (χ4v) is 3.94. The van der Waals surface area contributed by atoms with E-state index in [-0.39, 0.29) is 11.9 Å². The minimum absolute atomic E-state index is 0.0188. The topological polar surface area (TPSA) is 40.6 Å². The zero-order chi connectivity index (χ0) is 15.0. The van der Waals surface area contributed by atoms with Crippen LogP contribution in [0.5, 0.6) is 0 Å². The average molecular weight is 351 g/mol. The van der Waals surface area contributed by atoms with Gasteiger partial charge in [-0.25, -0.2) is 4.79 Å². The first kappa shape index (κ1) is 14.6. The highest BCUT2D eigenvalue weighted by Gasteiger charge is 2.55. The molecule has 2 fully saturated rings. The molecule has 3 amide bonds. The van der Waals surface area contributed by atoms with Gasteiger partial charge in [-0.1, -0.05) is 47.3 Å². The Balaban J connectivity index is 1.86. The smallest absolute Gasteiger partial charge is 0.313 e. The second-order valence-electron chi connectivity index (χ2n) is 5.96. The summed E-state index contributed by atoms with van der Waals surface area (Å²) in [7, 11) is 1.77. The van der Waals surface area contributed by atoms with Crippen LogP contribution in [0.25, 0.3) is 0 Å². The number of amides is 3. The van der Waals surface area contributed by atoms with Gasteiger partial charge in [0.2, 0.25) is 0 Å². The molecule has 2 aliphatic rings. The highest BCUT2D eigenvalue weighted by molar-refractivity contribution is 9.10. The molecular weight excluding hydrogens is 332 g/mol. The number of rotatable bonds is 2. The van der Waals surface area contributed by atoms with E-state index in [2.05, 4.69) is 15.9 Å². The van der Waals surface area contributed by atoms with E-state index in [9.17, 15) is 9.59 Å². The molecule has 1 aliphatic heterocycles. The van der Waals surface area contributed by atoms with Gasteiger partial charge in [-0.15, -0.1) is 0 Å². The van der Waals surface area contributed by atoms with Crippen molar-refractivity contribution in [3.8, 4) is 0 Å². The maximum absolute atomic E-state index is 12.8. The molecule has 5 heteroatoms. The van der Waals surface area contributed by atoms with E-state index in [1.807, 2.05) is 24.3 Å². The maximum atomic E-state index is 12.8. The number of nitrogens with zero attached hydrogens (tertiary/aromatic N) is 2. The third kappa shape index (κ3) is 2.37. The first-order valence-corrected chi connectivity index (χ1v) is 8.18. The summed E-state index contributed by atoms with van der Waals surface area (Å²) in [4.78, 5) is 28.4. The van der Waals surface area contributed by atoms with Crippen LogP contribution in [0, 0.1) is 0 Å². The number of likely N-dealkylation sites (N-methyl/N-ethyl adjacent to an activating group) is 1. The van der Waals surface area contributed by atoms with Gasteiger partial charge in [-0.3, -0.25) is 9.69 Å². The normalized spacial score (nSPS) is 21.4. The fourth-order valence-electron chi connectivity index (χ4n) is 3.49. The number of halogens is 1. The van der Waals surface area contributed by atoms with Crippen molar-refractivity contribution in [3.05, 3.63) is 34.3 Å². The summed E-state index contributed by atoms with van der Waals surface area (Å²) in [5, 5.41) is 0. The maximum Gasteiger partial charge on any atom is 0.327 e. The summed E-state index contributed by atoms with van der Waals surface area (Å²) in [6.07, 6.45) is 4.79. The van der Waals surface area contributed by atoms with Crippen LogP contribution >= 0.6 is 15.9 Å². The number of hydrogen-bond donors (Lipinski definition) is 0. The van der Waals surface area contributed by atoms with Gasteiger partial charge >= 0.3 is 6.03 Å². The summed E-state index contributed by atoms with van der Waals surface area (Å²) < 4.78 is 0.958. The Morgan fingerprint density at radius 3 is 2.57 bits per heavy atom. The van der Waals surface area contributed by atoms with Gasteiger partial charge in [0.15, 0.2) is 0 Å². The van der Waals surface area contributed by atoms with Crippen LogP contribution in [0.15, 0.2) is 28.7 Å². The summed E-state index contributed by atoms with van der Waals surface area (Å²) in [5.41, 5.74) is 0.383. The van der Waals surface area contributed by atoms with Gasteiger partial charge in [0.05, 0.1) is 6.54 Å². The molecule has 1 heterocycles. The molecule has 1 aromatic rings. The largest absolute Gasteiger partial charge is 0.327 e. The molecule has 0 aromatic heterocycles. The molecule has 0 radical (unpaired) electrons. The Morgan fingerprint density at radius 1 is 1.19 bits per heavy atom. The molecule has 4 nitrogen and oxygen atoms in total. The van der Waals surface area contributed by atoms with Crippen LogP contribution in [0.4, 0.5) is 4.79 Å². The van der Waals surface area contributed by atoms with E-state index in [1.165, 1.54) is 4.90 Å². The lowest BCUT2D eigenvalue weighted by Gasteiger charge is -2.35. The molecule has 1 spiro atoms. The van der Waals surface area contributed by atoms with Gasteiger partial charge in [0, 0.05) is 11.5 Å². The van der Waals surface area contributed by atoms with Crippen LogP contribution in [0.3, 0.4) is 0 Å². The third-order valence-corrected chi connectivity index (χ3v) is 5.21. The predicted molar refractivity (Wildman–Crippen MR) is 83.7 cm³/mol. The lowest BCUT2D eigenvalue weighted by atomic mass is 9.81. The van der Waals surface area contributed by atoms with E-state index in [0.717, 1.165) is 42.1 Å². The molecule has 112 valence electrons. The number of imide groups is 1. The molecule has 0 N–H and O–H groups in total. The van der Waals surface area contributed by atoms with E-state index in [1.54, 1.807) is 11.9 Å². The number of benzene rings is 1. The van der Waals surface area contributed by atoms with Crippen molar-refractivity contribution < 1.29 is 9.59 Å². The summed E-state index contributed by atoms with van der Waals surface area (Å²) >= 11 is 3.42. The van der Waals surface area contributed by atoms with Crippen molar-refractivity contribution >= 4 is 27.9 Å². The fraction of sp³-hybridized carbons (Fsp3) is 0.500. The molecule has 0 unspecified atom stereocenters. The van der Waals surface area contributed by atoms with Crippen molar-refractivity contribution in [2.75, 3.05) is 7.05 Å². The average Bonchev–Trinajstić information content (AvgIpc) is 2.65. The van der Waals surface area contributed by atoms with Gasteiger partial charge in [-0.05, 0) is 30.5 Å². The molecule has 1 aromatic carbocycles. The van der Waals surface area contributed by atoms with Gasteiger partial charge in [-0.2, -0.15) is 0 Å². The number of carbonyl (C=O) groups excluding carboxylic acids is 2. The van der Waals surface area contributed by atoms with Gasteiger partial charge < -0.3 is 4.90 Å². The molecule has 1 saturated heterocycles. The van der Waals surface area contributed by atoms with E-state index in [0.29, 0.717) is 6.54 Å². The van der Waals surface area contributed by atoms with Crippen molar-refractivity contribution in [3.63, 3.8) is 0 Å². The lowest BCUT2D eigenvalue weighted by molar-refractivity contribution is -0.134. The second-order valence-corrected chi connectivity index (χ2v) is 6.87. The quantitative estimate of drug-likeness (QED) is 0.765. The van der Waals surface area contributed by atoms with E-state index < -0.39 is 5.54 Å². The third-order valence-electron chi connectivity index (χ3n) is 4.71. The summed E-state index contributed by atoms with van der Waals surface area (Å²) in [6, 6.07) is 7.59. The highest BCUT2D eigenvalue weighted by Crippen LogP contribution is 2.39. The minimum atomic E-state index is -0.582. The predicted octanol–water partition coefficient (Wildman–Crippen LogP) is 3.55. The Labute approximate surface area is 133 Å². The van der Waals surface area contributed by atoms with Gasteiger partial charge in [0.1, 0.15) is 5.54 Å². The Bertz CT molecular complexity index is 581. The monoisotopic (exact) mass is 350 g/mol. The number of carbonyl (C=O) groups is 2. The first-order chi connectivity index (χ1) is 10.0. The van der Waals surface area contributed by atoms with Crippen LogP contribution in [0.2, 0.25) is 0 Å². The van der Waals surface area contributed by atoms with Crippen LogP contribution < -0.4 is 0 Å². The molecule has 21 heavy (non-hydrogen) atoms. The lowest BCUT2D eigenvalue weighted by Crippen LogP contribution is -2.49. The Kier molecular flexibility index (Phi) is 3.78. The zero-order valence-electron chi connectivity index (χ0n) is 12.1. The molecular formula is C16H19BrN2O2. The molecule has 1 aliphatic carbocycles. The highest BCUT2D eigenvalue weighted by atomic mass is 79.9. The standard InChI is InChI=1S/C16H19BrN2O2/c1-18-15(21)19(11-12-6-5-7-13(17)10-12)14(20)16(18)8-3-2-4-9-16/h5-7,10H,2-4,8-9,11H2,1H3. The van der Waals surface area contributed by atoms with Crippen LogP contribution in [-0.2, 0) is 11.3 Å². The van der Waals surface area contributed by atoms with E-state index in [4.69, 9.17) is 0 Å². The number of hydrogen-bond acceptors (Lipinski definition) is 2. The van der Waals surface area contributed by atoms with Crippen LogP contribution in [-0.4, -0.2) is 34.3 Å². The van der Waals surface area contributed by atoms with Gasteiger partial charge in [0.25, 0.3) is 5.91 Å². The van der Waals surface area contributed by atoms with Crippen molar-refractivity contribution in [2.45, 2.75) is 44.2 Å². The molecule has 1 saturated carbocycles. The summed E-state index contributed by atoms with van der Waals surface area (Å²) in [6.45, 7) is 0.350. The van der Waals surface area contributed by atoms with Crippen LogP contribution in [0.1, 0.15) is 37.7 Å². The first-order valence-electron chi connectivity index (χ1n) is 7.39. The zero-order valence-corrected chi connectivity index (χ0v) is 13.7. The summed E-state index contributed by atoms with van der Waals surface area (Å²) in [5.74, 6) is -0.0188. The SMILES string of the molecule is CN1C(=O)N(Cc2cccc(Br)c2)C(=O)C12CCCCC2. The Morgan fingerprint density at radius 2 is 1.90 bits per heavy atom. The van der Waals surface area contributed by atoms with Crippen molar-refractivity contribution in [2.24, 2.45) is 0 Å². The molecule has 3 rings (SSSR count). The molecule has 0 atom stereocenters. The van der Waals surface area contributed by atoms with E-state index >= 15 is 0 Å². The second kappa shape index (κ2) is 5.44. The van der Waals surface area contributed by atoms with Crippen molar-refractivity contribution in [1.29, 1.82) is 0 Å². The minimum Gasteiger partial charge on any atom is -0.313 e. The number of urea groups is 1. The Hall–Kier alpha value is -1.36. The van der Waals surface area contributed by atoms with Crippen molar-refractivity contribution in [1.82, 2.24) is 9.80 Å².